The molecule has 0 aliphatic carbocycles. The molecule has 0 spiro atoms. The minimum absolute atomic E-state index is 0.205. The first kappa shape index (κ1) is 21.0. The summed E-state index contributed by atoms with van der Waals surface area (Å²) in [4.78, 5) is 10.7. The summed E-state index contributed by atoms with van der Waals surface area (Å²) in [7, 11) is 0. The number of hydrogen-bond acceptors (Lipinski definition) is 3. The van der Waals surface area contributed by atoms with Crippen LogP contribution in [0.1, 0.15) is 41.5 Å². The molecule has 0 bridgehead atoms. The molecule has 3 nitrogen and oxygen atoms in total. The van der Waals surface area contributed by atoms with E-state index in [1.807, 2.05) is 11.8 Å². The first-order valence-corrected chi connectivity index (χ1v) is 11.1. The van der Waals surface area contributed by atoms with Crippen LogP contribution in [-0.2, 0) is 33.8 Å². The van der Waals surface area contributed by atoms with Crippen LogP contribution in [0.15, 0.2) is 48.5 Å². The molecule has 0 aromatic heterocycles. The molecule has 5 heteroatoms. The first-order valence-electron chi connectivity index (χ1n) is 8.83. The smallest absolute Gasteiger partial charge is 0.217 e. The second-order valence-corrected chi connectivity index (χ2v) is 7.90. The predicted molar refractivity (Wildman–Crippen MR) is 113 cm³/mol. The average Bonchev–Trinajstić information content (AvgIpc) is 2.66. The molecule has 26 heavy (non-hydrogen) atoms. The first-order chi connectivity index (χ1) is 12.7. The van der Waals surface area contributed by atoms with Crippen molar-refractivity contribution in [3.63, 3.8) is 0 Å². The summed E-state index contributed by atoms with van der Waals surface area (Å²) in [6.07, 6.45) is 2.42. The minimum atomic E-state index is -0.205. The minimum Gasteiger partial charge on any atom is -0.372 e. The zero-order chi connectivity index (χ0) is 18.6. The fourth-order valence-corrected chi connectivity index (χ4v) is 3.79. The number of amides is 1. The third-order valence-electron chi connectivity index (χ3n) is 3.97. The Labute approximate surface area is 168 Å². The molecule has 1 amide bonds. The lowest BCUT2D eigenvalue weighted by molar-refractivity contribution is -0.118. The van der Waals surface area contributed by atoms with Gasteiger partial charge < -0.3 is 10.5 Å². The van der Waals surface area contributed by atoms with Gasteiger partial charge in [0.25, 0.3) is 0 Å². The number of alkyl halides is 1. The van der Waals surface area contributed by atoms with Gasteiger partial charge >= 0.3 is 0 Å². The quantitative estimate of drug-likeness (QED) is 0.368. The van der Waals surface area contributed by atoms with Gasteiger partial charge in [0.2, 0.25) is 5.91 Å². The highest BCUT2D eigenvalue weighted by atomic mass is 79.9. The van der Waals surface area contributed by atoms with Crippen LogP contribution in [0.3, 0.4) is 0 Å². The third kappa shape index (κ3) is 8.39. The maximum atomic E-state index is 10.7. The van der Waals surface area contributed by atoms with E-state index in [1.165, 1.54) is 22.3 Å². The zero-order valence-electron chi connectivity index (χ0n) is 15.0. The second-order valence-electron chi connectivity index (χ2n) is 6.24. The average molecular weight is 436 g/mol. The van der Waals surface area contributed by atoms with Crippen LogP contribution in [0.4, 0.5) is 0 Å². The van der Waals surface area contributed by atoms with E-state index in [2.05, 4.69) is 64.5 Å². The number of hydrogen-bond donors (Lipinski definition) is 1. The Bertz CT molecular complexity index is 659. The van der Waals surface area contributed by atoms with Gasteiger partial charge in [-0.1, -0.05) is 64.5 Å². The summed E-state index contributed by atoms with van der Waals surface area (Å²) in [5.41, 5.74) is 10.1. The van der Waals surface area contributed by atoms with Crippen LogP contribution in [0, 0.1) is 0 Å². The van der Waals surface area contributed by atoms with Crippen molar-refractivity contribution >= 4 is 33.6 Å². The van der Waals surface area contributed by atoms with Gasteiger partial charge in [-0.3, -0.25) is 4.79 Å². The zero-order valence-corrected chi connectivity index (χ0v) is 17.4. The highest BCUT2D eigenvalue weighted by Gasteiger charge is 1.99. The number of unbranched alkanes of at least 4 members (excludes halogenated alkanes) is 1. The molecule has 2 rings (SSSR count). The van der Waals surface area contributed by atoms with E-state index in [0.717, 1.165) is 29.7 Å². The van der Waals surface area contributed by atoms with Crippen molar-refractivity contribution in [3.05, 3.63) is 70.8 Å². The molecular weight excluding hydrogens is 410 g/mol. The predicted octanol–water partition coefficient (Wildman–Crippen LogP) is 5.19. The number of primary amides is 1. The van der Waals surface area contributed by atoms with Crippen LogP contribution in [0.25, 0.3) is 0 Å². The SMILES string of the molecule is NC(=O)CCCCSCc1ccc(COCc2ccc(CBr)cc2)cc1. The van der Waals surface area contributed by atoms with Crippen LogP contribution < -0.4 is 5.73 Å². The van der Waals surface area contributed by atoms with Crippen molar-refractivity contribution in [1.29, 1.82) is 0 Å². The summed E-state index contributed by atoms with van der Waals surface area (Å²) in [6.45, 7) is 1.26. The van der Waals surface area contributed by atoms with E-state index in [9.17, 15) is 4.79 Å². The molecule has 0 saturated carbocycles. The molecule has 0 unspecified atom stereocenters. The fourth-order valence-electron chi connectivity index (χ4n) is 2.44. The monoisotopic (exact) mass is 435 g/mol. The molecule has 2 aromatic carbocycles. The van der Waals surface area contributed by atoms with E-state index in [4.69, 9.17) is 10.5 Å². The topological polar surface area (TPSA) is 52.3 Å². The number of rotatable bonds is 12. The molecule has 140 valence electrons. The summed E-state index contributed by atoms with van der Waals surface area (Å²) in [5.74, 6) is 1.85. The Morgan fingerprint density at radius 1 is 0.885 bits per heavy atom. The molecular formula is C21H26BrNO2S. The van der Waals surface area contributed by atoms with E-state index < -0.39 is 0 Å². The van der Waals surface area contributed by atoms with E-state index in [0.29, 0.717) is 19.6 Å². The summed E-state index contributed by atoms with van der Waals surface area (Å²) in [5, 5.41) is 0.881. The van der Waals surface area contributed by atoms with Crippen molar-refractivity contribution in [2.45, 2.75) is 43.6 Å². The Morgan fingerprint density at radius 3 is 1.96 bits per heavy atom. The maximum absolute atomic E-state index is 10.7. The largest absolute Gasteiger partial charge is 0.372 e. The Balaban J connectivity index is 1.63. The molecule has 0 heterocycles. The van der Waals surface area contributed by atoms with Crippen molar-refractivity contribution in [2.75, 3.05) is 5.75 Å². The van der Waals surface area contributed by atoms with Crippen LogP contribution in [-0.4, -0.2) is 11.7 Å². The van der Waals surface area contributed by atoms with Crippen molar-refractivity contribution < 1.29 is 9.53 Å². The highest BCUT2D eigenvalue weighted by molar-refractivity contribution is 9.08. The van der Waals surface area contributed by atoms with Gasteiger partial charge in [0, 0.05) is 17.5 Å². The Morgan fingerprint density at radius 2 is 1.42 bits per heavy atom. The number of benzene rings is 2. The molecule has 0 saturated heterocycles. The third-order valence-corrected chi connectivity index (χ3v) is 5.73. The molecule has 0 atom stereocenters. The van der Waals surface area contributed by atoms with Gasteiger partial charge in [0.1, 0.15) is 0 Å². The van der Waals surface area contributed by atoms with Crippen molar-refractivity contribution in [3.8, 4) is 0 Å². The van der Waals surface area contributed by atoms with Gasteiger partial charge in [-0.05, 0) is 40.8 Å². The number of thioether (sulfide) groups is 1. The standard InChI is InChI=1S/C21H26BrNO2S/c22-13-17-4-6-18(7-5-17)14-25-15-19-8-10-20(11-9-19)16-26-12-2-1-3-21(23)24/h4-11H,1-3,12-16H2,(H2,23,24). The summed E-state index contributed by atoms with van der Waals surface area (Å²) >= 11 is 5.35. The normalized spacial score (nSPS) is 10.8. The molecule has 0 fully saturated rings. The van der Waals surface area contributed by atoms with Gasteiger partial charge in [-0.15, -0.1) is 0 Å². The summed E-state index contributed by atoms with van der Waals surface area (Å²) < 4.78 is 5.81. The lowest BCUT2D eigenvalue weighted by atomic mass is 10.1. The summed E-state index contributed by atoms with van der Waals surface area (Å²) in [6, 6.07) is 17.1. The van der Waals surface area contributed by atoms with Crippen LogP contribution in [0.5, 0.6) is 0 Å². The van der Waals surface area contributed by atoms with Gasteiger partial charge in [0.05, 0.1) is 13.2 Å². The van der Waals surface area contributed by atoms with Crippen LogP contribution in [0.2, 0.25) is 0 Å². The van der Waals surface area contributed by atoms with Gasteiger partial charge in [0.15, 0.2) is 0 Å². The lowest BCUT2D eigenvalue weighted by Crippen LogP contribution is -2.09. The molecule has 0 radical (unpaired) electrons. The van der Waals surface area contributed by atoms with Crippen molar-refractivity contribution in [1.82, 2.24) is 0 Å². The number of carbonyl (C=O) groups excluding carboxylic acids is 1. The fraction of sp³-hybridized carbons (Fsp3) is 0.381. The van der Waals surface area contributed by atoms with E-state index in [-0.39, 0.29) is 5.91 Å². The molecule has 0 aliphatic rings. The maximum Gasteiger partial charge on any atom is 0.217 e. The highest BCUT2D eigenvalue weighted by Crippen LogP contribution is 2.16. The van der Waals surface area contributed by atoms with Crippen molar-refractivity contribution in [2.24, 2.45) is 5.73 Å². The number of ether oxygens (including phenoxy) is 1. The Hall–Kier alpha value is -1.30. The Kier molecular flexibility index (Phi) is 9.82. The molecule has 2 aromatic rings. The van der Waals surface area contributed by atoms with E-state index in [1.54, 1.807) is 0 Å². The second kappa shape index (κ2) is 12.2. The van der Waals surface area contributed by atoms with Crippen LogP contribution >= 0.6 is 27.7 Å². The molecule has 2 N–H and O–H groups in total. The number of halogens is 1. The van der Waals surface area contributed by atoms with Gasteiger partial charge in [-0.25, -0.2) is 0 Å². The van der Waals surface area contributed by atoms with E-state index >= 15 is 0 Å². The number of nitrogens with two attached hydrogens (primary N) is 1. The lowest BCUT2D eigenvalue weighted by Gasteiger charge is -2.07. The van der Waals surface area contributed by atoms with Gasteiger partial charge in [-0.2, -0.15) is 11.8 Å². The molecule has 0 aliphatic heterocycles. The number of carbonyl (C=O) groups is 1.